The first-order valence-corrected chi connectivity index (χ1v) is 12.0. The van der Waals surface area contributed by atoms with Gasteiger partial charge in [-0.05, 0) is 79.3 Å². The van der Waals surface area contributed by atoms with Gasteiger partial charge in [-0.1, -0.05) is 63.1 Å². The minimum atomic E-state index is -1.20. The van der Waals surface area contributed by atoms with Gasteiger partial charge >= 0.3 is 11.9 Å². The van der Waals surface area contributed by atoms with Crippen LogP contribution >= 0.6 is 0 Å². The number of hydrogen-bond acceptors (Lipinski definition) is 5. The smallest absolute Gasteiger partial charge is 0.343 e. The van der Waals surface area contributed by atoms with Crippen LogP contribution in [0.15, 0.2) is 72.8 Å². The number of carbonyl (C=O) groups is 2. The molecule has 0 aromatic heterocycles. The van der Waals surface area contributed by atoms with E-state index >= 15 is 0 Å². The van der Waals surface area contributed by atoms with Crippen molar-refractivity contribution in [3.8, 4) is 28.7 Å². The van der Waals surface area contributed by atoms with Crippen molar-refractivity contribution in [3.63, 3.8) is 0 Å². The van der Waals surface area contributed by atoms with Crippen molar-refractivity contribution in [2.45, 2.75) is 52.9 Å². The van der Waals surface area contributed by atoms with Crippen molar-refractivity contribution < 1.29 is 19.1 Å². The molecule has 1 atom stereocenters. The fourth-order valence-corrected chi connectivity index (χ4v) is 3.47. The average molecular weight is 470 g/mol. The van der Waals surface area contributed by atoms with E-state index < -0.39 is 17.4 Å². The highest BCUT2D eigenvalue weighted by Crippen LogP contribution is 2.26. The molecule has 0 radical (unpaired) electrons. The number of unbranched alkanes of at least 4 members (excludes halogenated alkanes) is 2. The molecule has 0 aliphatic carbocycles. The molecule has 5 heteroatoms. The van der Waals surface area contributed by atoms with Crippen molar-refractivity contribution in [2.75, 3.05) is 0 Å². The summed E-state index contributed by atoms with van der Waals surface area (Å²) in [4.78, 5) is 24.8. The number of carbonyl (C=O) groups excluding carboxylic acids is 2. The second kappa shape index (κ2) is 12.0. The highest BCUT2D eigenvalue weighted by atomic mass is 16.5. The van der Waals surface area contributed by atoms with Gasteiger partial charge in [0.25, 0.3) is 0 Å². The SMILES string of the molecule is CCCCCc1ccc(-c2ccc(C(=O)Oc3ccc(OC(=O)C(C)(C#N)CC)cc3)cc2)cc1. The van der Waals surface area contributed by atoms with Gasteiger partial charge in [0.05, 0.1) is 11.6 Å². The first-order valence-electron chi connectivity index (χ1n) is 12.0. The summed E-state index contributed by atoms with van der Waals surface area (Å²) in [7, 11) is 0. The zero-order chi connectivity index (χ0) is 25.3. The van der Waals surface area contributed by atoms with E-state index in [0.717, 1.165) is 17.5 Å². The van der Waals surface area contributed by atoms with E-state index in [1.807, 2.05) is 18.2 Å². The highest BCUT2D eigenvalue weighted by Gasteiger charge is 2.33. The van der Waals surface area contributed by atoms with Gasteiger partial charge in [0.1, 0.15) is 11.5 Å². The Kier molecular flexibility index (Phi) is 8.80. The van der Waals surface area contributed by atoms with Crippen LogP contribution in [0.5, 0.6) is 11.5 Å². The number of hydrogen-bond donors (Lipinski definition) is 0. The first-order chi connectivity index (χ1) is 16.9. The molecule has 180 valence electrons. The number of rotatable bonds is 10. The number of benzene rings is 3. The van der Waals surface area contributed by atoms with Crippen molar-refractivity contribution in [1.29, 1.82) is 5.26 Å². The van der Waals surface area contributed by atoms with Crippen LogP contribution in [-0.4, -0.2) is 11.9 Å². The third kappa shape index (κ3) is 6.80. The highest BCUT2D eigenvalue weighted by molar-refractivity contribution is 5.91. The Morgan fingerprint density at radius 2 is 1.34 bits per heavy atom. The number of nitrogens with zero attached hydrogens (tertiary/aromatic N) is 1. The van der Waals surface area contributed by atoms with E-state index in [1.54, 1.807) is 38.1 Å². The molecule has 1 unspecified atom stereocenters. The van der Waals surface area contributed by atoms with Gasteiger partial charge < -0.3 is 9.47 Å². The molecule has 0 saturated heterocycles. The van der Waals surface area contributed by atoms with Crippen molar-refractivity contribution in [1.82, 2.24) is 0 Å². The molecule has 3 aromatic rings. The average Bonchev–Trinajstić information content (AvgIpc) is 2.90. The Balaban J connectivity index is 1.58. The quantitative estimate of drug-likeness (QED) is 0.179. The summed E-state index contributed by atoms with van der Waals surface area (Å²) in [6, 6.07) is 24.0. The standard InChI is InChI=1S/C30H31NO4/c1-4-6-7-8-22-9-11-23(12-10-22)24-13-15-25(16-14-24)28(32)34-26-17-19-27(20-18-26)35-29(33)30(3,5-2)21-31/h9-20H,4-8H2,1-3H3. The number of nitriles is 1. The van der Waals surface area contributed by atoms with Crippen molar-refractivity contribution in [2.24, 2.45) is 5.41 Å². The Bertz CT molecular complexity index is 1180. The Hall–Kier alpha value is -3.91. The molecule has 0 bridgehead atoms. The second-order valence-corrected chi connectivity index (χ2v) is 8.78. The van der Waals surface area contributed by atoms with E-state index in [9.17, 15) is 14.9 Å². The lowest BCUT2D eigenvalue weighted by molar-refractivity contribution is -0.142. The molecule has 3 aromatic carbocycles. The first kappa shape index (κ1) is 25.7. The molecule has 0 saturated carbocycles. The normalized spacial score (nSPS) is 12.3. The molecule has 0 heterocycles. The second-order valence-electron chi connectivity index (χ2n) is 8.78. The van der Waals surface area contributed by atoms with E-state index in [4.69, 9.17) is 9.47 Å². The van der Waals surface area contributed by atoms with Crippen LogP contribution in [0.3, 0.4) is 0 Å². The van der Waals surface area contributed by atoms with E-state index in [-0.39, 0.29) is 5.75 Å². The zero-order valence-corrected chi connectivity index (χ0v) is 20.5. The largest absolute Gasteiger partial charge is 0.425 e. The van der Waals surface area contributed by atoms with Gasteiger partial charge in [-0.15, -0.1) is 0 Å². The van der Waals surface area contributed by atoms with Gasteiger partial charge in [-0.3, -0.25) is 0 Å². The van der Waals surface area contributed by atoms with E-state index in [2.05, 4.69) is 31.2 Å². The molecule has 0 amide bonds. The monoisotopic (exact) mass is 469 g/mol. The summed E-state index contributed by atoms with van der Waals surface area (Å²) < 4.78 is 10.7. The number of ether oxygens (including phenoxy) is 2. The van der Waals surface area contributed by atoms with Crippen LogP contribution in [0.25, 0.3) is 11.1 Å². The summed E-state index contributed by atoms with van der Waals surface area (Å²) in [5, 5.41) is 9.21. The number of aryl methyl sites for hydroxylation is 1. The van der Waals surface area contributed by atoms with Gasteiger partial charge in [0.15, 0.2) is 5.41 Å². The molecule has 5 nitrogen and oxygen atoms in total. The van der Waals surface area contributed by atoms with Gasteiger partial charge in [-0.2, -0.15) is 5.26 Å². The lowest BCUT2D eigenvalue weighted by Gasteiger charge is -2.17. The maximum atomic E-state index is 12.6. The Morgan fingerprint density at radius 1 is 0.800 bits per heavy atom. The van der Waals surface area contributed by atoms with Crippen LogP contribution < -0.4 is 9.47 Å². The van der Waals surface area contributed by atoms with Crippen molar-refractivity contribution in [3.05, 3.63) is 83.9 Å². The third-order valence-corrected chi connectivity index (χ3v) is 6.13. The molecular weight excluding hydrogens is 438 g/mol. The lowest BCUT2D eigenvalue weighted by atomic mass is 9.90. The fourth-order valence-electron chi connectivity index (χ4n) is 3.47. The lowest BCUT2D eigenvalue weighted by Crippen LogP contribution is -2.29. The third-order valence-electron chi connectivity index (χ3n) is 6.13. The molecule has 0 fully saturated rings. The summed E-state index contributed by atoms with van der Waals surface area (Å²) in [6.07, 6.45) is 5.12. The summed E-state index contributed by atoms with van der Waals surface area (Å²) in [5.74, 6) is -0.476. The fraction of sp³-hybridized carbons (Fsp3) is 0.300. The topological polar surface area (TPSA) is 76.4 Å². The number of esters is 2. The van der Waals surface area contributed by atoms with Crippen molar-refractivity contribution >= 4 is 11.9 Å². The summed E-state index contributed by atoms with van der Waals surface area (Å²) >= 11 is 0. The van der Waals surface area contributed by atoms with Crippen LogP contribution in [0.2, 0.25) is 0 Å². The Labute approximate surface area is 207 Å². The summed E-state index contributed by atoms with van der Waals surface area (Å²) in [5.41, 5.74) is 2.71. The maximum Gasteiger partial charge on any atom is 0.343 e. The maximum absolute atomic E-state index is 12.6. The van der Waals surface area contributed by atoms with Crippen LogP contribution in [0.1, 0.15) is 62.4 Å². The molecule has 0 aliphatic heterocycles. The van der Waals surface area contributed by atoms with Crippen LogP contribution in [-0.2, 0) is 11.2 Å². The van der Waals surface area contributed by atoms with Gasteiger partial charge in [0, 0.05) is 0 Å². The predicted molar refractivity (Wildman–Crippen MR) is 136 cm³/mol. The van der Waals surface area contributed by atoms with Crippen LogP contribution in [0, 0.1) is 16.7 Å². The molecule has 0 aliphatic rings. The minimum Gasteiger partial charge on any atom is -0.425 e. The molecule has 0 spiro atoms. The molecule has 3 rings (SSSR count). The molecule has 35 heavy (non-hydrogen) atoms. The summed E-state index contributed by atoms with van der Waals surface area (Å²) in [6.45, 7) is 5.50. The zero-order valence-electron chi connectivity index (χ0n) is 20.5. The Morgan fingerprint density at radius 3 is 1.86 bits per heavy atom. The van der Waals surface area contributed by atoms with Gasteiger partial charge in [-0.25, -0.2) is 9.59 Å². The van der Waals surface area contributed by atoms with E-state index in [0.29, 0.717) is 17.7 Å². The minimum absolute atomic E-state index is 0.283. The molecular formula is C30H31NO4. The predicted octanol–water partition coefficient (Wildman–Crippen LogP) is 7.15. The van der Waals surface area contributed by atoms with Crippen LogP contribution in [0.4, 0.5) is 0 Å². The molecule has 0 N–H and O–H groups in total. The van der Waals surface area contributed by atoms with E-state index in [1.165, 1.54) is 37.0 Å². The van der Waals surface area contributed by atoms with Gasteiger partial charge in [0.2, 0.25) is 0 Å².